The van der Waals surface area contributed by atoms with Crippen LogP contribution in [0.15, 0.2) is 24.3 Å². The Morgan fingerprint density at radius 1 is 1.42 bits per heavy atom. The van der Waals surface area contributed by atoms with E-state index in [1.165, 1.54) is 24.0 Å². The van der Waals surface area contributed by atoms with E-state index in [2.05, 4.69) is 36.5 Å². The summed E-state index contributed by atoms with van der Waals surface area (Å²) in [5.74, 6) is 0.687. The van der Waals surface area contributed by atoms with Crippen LogP contribution < -0.4 is 5.32 Å². The third kappa shape index (κ3) is 2.99. The second kappa shape index (κ2) is 5.23. The molecule has 104 valence electrons. The van der Waals surface area contributed by atoms with Gasteiger partial charge in [0.15, 0.2) is 0 Å². The fourth-order valence-corrected chi connectivity index (χ4v) is 3.05. The van der Waals surface area contributed by atoms with Gasteiger partial charge in [0.05, 0.1) is 6.61 Å². The number of benzene rings is 1. The molecule has 0 spiro atoms. The highest BCUT2D eigenvalue weighted by Crippen LogP contribution is 2.37. The van der Waals surface area contributed by atoms with E-state index in [0.29, 0.717) is 31.7 Å². The maximum absolute atomic E-state index is 10.2. The maximum atomic E-state index is 10.2. The lowest BCUT2D eigenvalue weighted by Gasteiger charge is -2.38. The molecule has 2 N–H and O–H groups in total. The Kier molecular flexibility index (Phi) is 3.61. The van der Waals surface area contributed by atoms with Crippen molar-refractivity contribution in [1.82, 2.24) is 5.32 Å². The molecule has 0 bridgehead atoms. The van der Waals surface area contributed by atoms with Crippen LogP contribution in [0.1, 0.15) is 36.3 Å². The van der Waals surface area contributed by atoms with Gasteiger partial charge >= 0.3 is 0 Å². The van der Waals surface area contributed by atoms with Crippen molar-refractivity contribution < 1.29 is 9.84 Å². The molecule has 19 heavy (non-hydrogen) atoms. The lowest BCUT2D eigenvalue weighted by atomic mass is 9.75. The van der Waals surface area contributed by atoms with Crippen molar-refractivity contribution in [3.63, 3.8) is 0 Å². The summed E-state index contributed by atoms with van der Waals surface area (Å²) in [5, 5.41) is 13.7. The highest BCUT2D eigenvalue weighted by molar-refractivity contribution is 5.27. The van der Waals surface area contributed by atoms with E-state index in [4.69, 9.17) is 4.74 Å². The highest BCUT2D eigenvalue weighted by Gasteiger charge is 2.35. The van der Waals surface area contributed by atoms with Crippen LogP contribution >= 0.6 is 0 Å². The fraction of sp³-hybridized carbons (Fsp3) is 0.625. The van der Waals surface area contributed by atoms with Crippen molar-refractivity contribution in [2.24, 2.45) is 0 Å². The molecule has 3 rings (SSSR count). The topological polar surface area (TPSA) is 41.5 Å². The molecule has 1 aromatic carbocycles. The number of ether oxygens (including phenoxy) is 1. The van der Waals surface area contributed by atoms with Crippen molar-refractivity contribution in [3.05, 3.63) is 35.4 Å². The molecule has 0 radical (unpaired) electrons. The Morgan fingerprint density at radius 3 is 2.95 bits per heavy atom. The average Bonchev–Trinajstić information content (AvgIpc) is 2.74. The Morgan fingerprint density at radius 2 is 2.26 bits per heavy atom. The maximum Gasteiger partial charge on any atom is 0.102 e. The van der Waals surface area contributed by atoms with E-state index < -0.39 is 5.60 Å². The third-order valence-corrected chi connectivity index (χ3v) is 4.45. The van der Waals surface area contributed by atoms with Gasteiger partial charge in [-0.15, -0.1) is 0 Å². The number of nitrogens with one attached hydrogen (secondary N) is 1. The van der Waals surface area contributed by atoms with E-state index in [9.17, 15) is 5.11 Å². The number of aryl methyl sites for hydroxylation is 1. The van der Waals surface area contributed by atoms with Crippen LogP contribution in [0.3, 0.4) is 0 Å². The largest absolute Gasteiger partial charge is 0.386 e. The van der Waals surface area contributed by atoms with E-state index in [-0.39, 0.29) is 0 Å². The molecule has 0 amide bonds. The van der Waals surface area contributed by atoms with Crippen molar-refractivity contribution in [2.75, 3.05) is 19.8 Å². The summed E-state index contributed by atoms with van der Waals surface area (Å²) in [6.45, 7) is 3.98. The van der Waals surface area contributed by atoms with Crippen molar-refractivity contribution in [1.29, 1.82) is 0 Å². The monoisotopic (exact) mass is 261 g/mol. The molecule has 1 unspecified atom stereocenters. The van der Waals surface area contributed by atoms with Gasteiger partial charge in [0, 0.05) is 25.6 Å². The van der Waals surface area contributed by atoms with Gasteiger partial charge < -0.3 is 15.2 Å². The van der Waals surface area contributed by atoms with Crippen LogP contribution in [-0.2, 0) is 4.74 Å². The molecular weight excluding hydrogens is 238 g/mol. The van der Waals surface area contributed by atoms with Gasteiger partial charge in [-0.1, -0.05) is 29.8 Å². The van der Waals surface area contributed by atoms with Crippen molar-refractivity contribution in [3.8, 4) is 0 Å². The zero-order valence-electron chi connectivity index (χ0n) is 11.6. The molecule has 1 saturated heterocycles. The normalized spacial score (nSPS) is 34.2. The SMILES string of the molecule is Cc1cccc(C2CC(NCC3(O)CCOC3)C2)c1. The predicted octanol–water partition coefficient (Wildman–Crippen LogP) is 1.98. The summed E-state index contributed by atoms with van der Waals surface area (Å²) in [7, 11) is 0. The number of hydrogen-bond acceptors (Lipinski definition) is 3. The van der Waals surface area contributed by atoms with Gasteiger partial charge in [-0.2, -0.15) is 0 Å². The molecule has 2 aliphatic rings. The zero-order chi connectivity index (χ0) is 13.3. The Labute approximate surface area is 115 Å². The van der Waals surface area contributed by atoms with Gasteiger partial charge in [-0.3, -0.25) is 0 Å². The molecule has 1 heterocycles. The molecule has 0 aromatic heterocycles. The molecule has 3 heteroatoms. The second-order valence-electron chi connectivity index (χ2n) is 6.19. The zero-order valence-corrected chi connectivity index (χ0v) is 11.6. The van der Waals surface area contributed by atoms with E-state index in [1.54, 1.807) is 0 Å². The molecule has 1 aromatic rings. The molecule has 2 fully saturated rings. The van der Waals surface area contributed by atoms with E-state index >= 15 is 0 Å². The molecule has 1 aliphatic carbocycles. The Hall–Kier alpha value is -0.900. The van der Waals surface area contributed by atoms with Gasteiger partial charge in [0.1, 0.15) is 5.60 Å². The first kappa shape index (κ1) is 13.1. The number of hydrogen-bond donors (Lipinski definition) is 2. The van der Waals surface area contributed by atoms with Gasteiger partial charge in [-0.05, 0) is 31.2 Å². The third-order valence-electron chi connectivity index (χ3n) is 4.45. The van der Waals surface area contributed by atoms with Gasteiger partial charge in [0.2, 0.25) is 0 Å². The second-order valence-corrected chi connectivity index (χ2v) is 6.19. The summed E-state index contributed by atoms with van der Waals surface area (Å²) in [6.07, 6.45) is 3.12. The average molecular weight is 261 g/mol. The van der Waals surface area contributed by atoms with E-state index in [0.717, 1.165) is 6.42 Å². The van der Waals surface area contributed by atoms with Crippen LogP contribution in [0.2, 0.25) is 0 Å². The summed E-state index contributed by atoms with van der Waals surface area (Å²) in [6, 6.07) is 9.36. The summed E-state index contributed by atoms with van der Waals surface area (Å²) < 4.78 is 5.26. The molecule has 3 nitrogen and oxygen atoms in total. The Balaban J connectivity index is 1.45. The van der Waals surface area contributed by atoms with Crippen molar-refractivity contribution >= 4 is 0 Å². The predicted molar refractivity (Wildman–Crippen MR) is 75.3 cm³/mol. The molecular formula is C16H23NO2. The molecule has 1 saturated carbocycles. The molecule has 1 atom stereocenters. The fourth-order valence-electron chi connectivity index (χ4n) is 3.05. The van der Waals surface area contributed by atoms with Crippen LogP contribution in [0.25, 0.3) is 0 Å². The minimum atomic E-state index is -0.631. The minimum absolute atomic E-state index is 0.480. The van der Waals surface area contributed by atoms with Crippen molar-refractivity contribution in [2.45, 2.75) is 43.7 Å². The molecule has 1 aliphatic heterocycles. The summed E-state index contributed by atoms with van der Waals surface area (Å²) in [4.78, 5) is 0. The van der Waals surface area contributed by atoms with E-state index in [1.807, 2.05) is 0 Å². The van der Waals surface area contributed by atoms with Crippen LogP contribution in [0.5, 0.6) is 0 Å². The highest BCUT2D eigenvalue weighted by atomic mass is 16.5. The smallest absolute Gasteiger partial charge is 0.102 e. The van der Waals surface area contributed by atoms with Crippen LogP contribution in [0, 0.1) is 6.92 Å². The first-order valence-corrected chi connectivity index (χ1v) is 7.25. The number of aliphatic hydroxyl groups is 1. The van der Waals surface area contributed by atoms with Gasteiger partial charge in [0.25, 0.3) is 0 Å². The number of rotatable bonds is 4. The summed E-state index contributed by atoms with van der Waals surface area (Å²) >= 11 is 0. The quantitative estimate of drug-likeness (QED) is 0.871. The summed E-state index contributed by atoms with van der Waals surface area (Å²) in [5.41, 5.74) is 2.17. The minimum Gasteiger partial charge on any atom is -0.386 e. The Bertz CT molecular complexity index is 434. The standard InChI is InChI=1S/C16H23NO2/c1-12-3-2-4-13(7-12)14-8-15(9-14)17-10-16(18)5-6-19-11-16/h2-4,7,14-15,17-18H,5-6,8-11H2,1H3. The lowest BCUT2D eigenvalue weighted by molar-refractivity contribution is 0.0216. The van der Waals surface area contributed by atoms with Gasteiger partial charge in [-0.25, -0.2) is 0 Å². The van der Waals surface area contributed by atoms with Crippen LogP contribution in [-0.4, -0.2) is 36.5 Å². The first-order chi connectivity index (χ1) is 9.15. The van der Waals surface area contributed by atoms with Crippen LogP contribution in [0.4, 0.5) is 0 Å². The first-order valence-electron chi connectivity index (χ1n) is 7.25. The lowest BCUT2D eigenvalue weighted by Crippen LogP contribution is -2.48.